The molecule has 2 aromatic rings. The predicted molar refractivity (Wildman–Crippen MR) is 107 cm³/mol. The molecule has 1 fully saturated rings. The monoisotopic (exact) mass is 380 g/mol. The lowest BCUT2D eigenvalue weighted by Gasteiger charge is -2.17. The molecule has 2 aromatic carbocycles. The van der Waals surface area contributed by atoms with Crippen molar-refractivity contribution in [2.75, 3.05) is 23.4 Å². The Hall–Kier alpha value is -3.15. The topological polar surface area (TPSA) is 75.7 Å². The normalized spacial score (nSPS) is 16.1. The largest absolute Gasteiger partial charge is 0.455 e. The third-order valence-corrected chi connectivity index (χ3v) is 4.76. The van der Waals surface area contributed by atoms with Gasteiger partial charge in [0.2, 0.25) is 5.91 Å². The average Bonchev–Trinajstić information content (AvgIpc) is 3.08. The number of hydrogen-bond acceptors (Lipinski definition) is 4. The van der Waals surface area contributed by atoms with Gasteiger partial charge in [0.1, 0.15) is 0 Å². The second-order valence-electron chi connectivity index (χ2n) is 6.95. The first-order chi connectivity index (χ1) is 13.5. The molecule has 0 bridgehead atoms. The van der Waals surface area contributed by atoms with Crippen molar-refractivity contribution in [2.45, 2.75) is 26.7 Å². The smallest absolute Gasteiger partial charge is 0.311 e. The van der Waals surface area contributed by atoms with E-state index in [0.29, 0.717) is 5.69 Å². The molecule has 0 unspecified atom stereocenters. The molecule has 0 aromatic heterocycles. The van der Waals surface area contributed by atoms with Gasteiger partial charge in [0.05, 0.1) is 5.92 Å². The Kier molecular flexibility index (Phi) is 6.09. The second kappa shape index (κ2) is 8.69. The van der Waals surface area contributed by atoms with Crippen molar-refractivity contribution in [1.29, 1.82) is 0 Å². The van der Waals surface area contributed by atoms with Gasteiger partial charge in [-0.25, -0.2) is 0 Å². The van der Waals surface area contributed by atoms with Crippen molar-refractivity contribution >= 4 is 29.2 Å². The van der Waals surface area contributed by atoms with Crippen LogP contribution in [-0.4, -0.2) is 30.9 Å². The number of anilines is 2. The van der Waals surface area contributed by atoms with Crippen LogP contribution in [0, 0.1) is 12.8 Å². The highest BCUT2D eigenvalue weighted by molar-refractivity contribution is 6.00. The quantitative estimate of drug-likeness (QED) is 0.782. The van der Waals surface area contributed by atoms with E-state index in [2.05, 4.69) is 12.2 Å². The zero-order chi connectivity index (χ0) is 20.1. The van der Waals surface area contributed by atoms with Gasteiger partial charge in [-0.3, -0.25) is 14.4 Å². The highest BCUT2D eigenvalue weighted by Gasteiger charge is 2.36. The maximum Gasteiger partial charge on any atom is 0.311 e. The Labute approximate surface area is 164 Å². The molecule has 0 aliphatic carbocycles. The van der Waals surface area contributed by atoms with Crippen LogP contribution in [0.3, 0.4) is 0 Å². The van der Waals surface area contributed by atoms with Gasteiger partial charge in [0.25, 0.3) is 5.91 Å². The van der Waals surface area contributed by atoms with E-state index in [1.54, 1.807) is 11.0 Å². The predicted octanol–water partition coefficient (Wildman–Crippen LogP) is 3.09. The van der Waals surface area contributed by atoms with Crippen LogP contribution < -0.4 is 10.2 Å². The van der Waals surface area contributed by atoms with E-state index in [1.807, 2.05) is 49.4 Å². The number of nitrogens with zero attached hydrogens (tertiary/aromatic N) is 1. The third-order valence-electron chi connectivity index (χ3n) is 4.76. The molecule has 1 saturated heterocycles. The zero-order valence-corrected chi connectivity index (χ0v) is 16.1. The summed E-state index contributed by atoms with van der Waals surface area (Å²) in [5.41, 5.74) is 3.63. The summed E-state index contributed by atoms with van der Waals surface area (Å²) in [6.45, 7) is 3.89. The molecule has 0 radical (unpaired) electrons. The molecule has 0 spiro atoms. The number of carbonyl (C=O) groups excluding carboxylic acids is 3. The molecule has 6 heteroatoms. The summed E-state index contributed by atoms with van der Waals surface area (Å²) in [4.78, 5) is 38.2. The molecule has 6 nitrogen and oxygen atoms in total. The summed E-state index contributed by atoms with van der Waals surface area (Å²) in [5.74, 6) is -1.61. The van der Waals surface area contributed by atoms with Gasteiger partial charge in [0, 0.05) is 24.3 Å². The highest BCUT2D eigenvalue weighted by atomic mass is 16.5. The molecule has 1 N–H and O–H groups in total. The fraction of sp³-hybridized carbons (Fsp3) is 0.318. The summed E-state index contributed by atoms with van der Waals surface area (Å²) in [5, 5.41) is 2.69. The van der Waals surface area contributed by atoms with Crippen molar-refractivity contribution < 1.29 is 19.1 Å². The Bertz CT molecular complexity index is 876. The van der Waals surface area contributed by atoms with Crippen LogP contribution in [0.25, 0.3) is 0 Å². The Balaban J connectivity index is 1.52. The lowest BCUT2D eigenvalue weighted by Crippen LogP contribution is -2.28. The number of benzene rings is 2. The SMILES string of the molecule is CCc1ccc(N2C[C@H](C(=O)OCC(=O)Nc3cccc(C)c3)CC2=O)cc1. The van der Waals surface area contributed by atoms with Crippen molar-refractivity contribution in [1.82, 2.24) is 0 Å². The summed E-state index contributed by atoms with van der Waals surface area (Å²) >= 11 is 0. The molecule has 3 rings (SSSR count). The van der Waals surface area contributed by atoms with Gasteiger partial charge in [-0.1, -0.05) is 31.2 Å². The molecule has 0 saturated carbocycles. The van der Waals surface area contributed by atoms with E-state index in [4.69, 9.17) is 4.74 Å². The molecule has 28 heavy (non-hydrogen) atoms. The van der Waals surface area contributed by atoms with Crippen LogP contribution in [0.5, 0.6) is 0 Å². The fourth-order valence-electron chi connectivity index (χ4n) is 3.20. The molecule has 1 aliphatic heterocycles. The van der Waals surface area contributed by atoms with Crippen molar-refractivity contribution in [3.63, 3.8) is 0 Å². The summed E-state index contributed by atoms with van der Waals surface area (Å²) in [6.07, 6.45) is 1.02. The van der Waals surface area contributed by atoms with E-state index in [1.165, 1.54) is 5.56 Å². The number of rotatable bonds is 6. The van der Waals surface area contributed by atoms with Crippen LogP contribution in [0.1, 0.15) is 24.5 Å². The first-order valence-corrected chi connectivity index (χ1v) is 9.38. The zero-order valence-electron chi connectivity index (χ0n) is 16.1. The minimum Gasteiger partial charge on any atom is -0.455 e. The highest BCUT2D eigenvalue weighted by Crippen LogP contribution is 2.26. The number of carbonyl (C=O) groups is 3. The fourth-order valence-corrected chi connectivity index (χ4v) is 3.20. The number of aryl methyl sites for hydroxylation is 2. The first-order valence-electron chi connectivity index (χ1n) is 9.38. The van der Waals surface area contributed by atoms with Crippen LogP contribution in [0.4, 0.5) is 11.4 Å². The molecule has 2 amide bonds. The minimum absolute atomic E-state index is 0.0911. The van der Waals surface area contributed by atoms with Crippen LogP contribution in [-0.2, 0) is 25.5 Å². The van der Waals surface area contributed by atoms with E-state index in [0.717, 1.165) is 17.7 Å². The standard InChI is InChI=1S/C22H24N2O4/c1-3-16-7-9-19(10-8-16)24-13-17(12-21(24)26)22(27)28-14-20(25)23-18-6-4-5-15(2)11-18/h4-11,17H,3,12-14H2,1-2H3,(H,23,25)/t17-/m1/s1. The number of ether oxygens (including phenoxy) is 1. The Morgan fingerprint density at radius 3 is 2.61 bits per heavy atom. The van der Waals surface area contributed by atoms with Gasteiger partial charge in [0.15, 0.2) is 6.61 Å². The molecule has 1 aliphatic rings. The van der Waals surface area contributed by atoms with Gasteiger partial charge in [-0.15, -0.1) is 0 Å². The lowest BCUT2D eigenvalue weighted by molar-refractivity contribution is -0.151. The molecule has 1 heterocycles. The maximum atomic E-state index is 12.3. The minimum atomic E-state index is -0.565. The lowest BCUT2D eigenvalue weighted by atomic mass is 10.1. The van der Waals surface area contributed by atoms with Gasteiger partial charge in [-0.05, 0) is 48.7 Å². The number of esters is 1. The van der Waals surface area contributed by atoms with Crippen LogP contribution in [0.15, 0.2) is 48.5 Å². The second-order valence-corrected chi connectivity index (χ2v) is 6.95. The maximum absolute atomic E-state index is 12.3. The average molecular weight is 380 g/mol. The number of nitrogens with one attached hydrogen (secondary N) is 1. The number of amides is 2. The number of hydrogen-bond donors (Lipinski definition) is 1. The molecular weight excluding hydrogens is 356 g/mol. The first kappa shape index (κ1) is 19.6. The van der Waals surface area contributed by atoms with Gasteiger partial charge in [-0.2, -0.15) is 0 Å². The van der Waals surface area contributed by atoms with Gasteiger partial charge < -0.3 is 15.0 Å². The van der Waals surface area contributed by atoms with Crippen molar-refractivity contribution in [3.05, 3.63) is 59.7 Å². The van der Waals surface area contributed by atoms with Crippen molar-refractivity contribution in [3.8, 4) is 0 Å². The summed E-state index contributed by atoms with van der Waals surface area (Å²) in [7, 11) is 0. The van der Waals surface area contributed by atoms with E-state index >= 15 is 0 Å². The molecular formula is C22H24N2O4. The summed E-state index contributed by atoms with van der Waals surface area (Å²) in [6, 6.07) is 15.1. The van der Waals surface area contributed by atoms with E-state index in [-0.39, 0.29) is 25.5 Å². The van der Waals surface area contributed by atoms with Crippen LogP contribution >= 0.6 is 0 Å². The van der Waals surface area contributed by atoms with E-state index < -0.39 is 17.8 Å². The summed E-state index contributed by atoms with van der Waals surface area (Å²) < 4.78 is 5.13. The van der Waals surface area contributed by atoms with Crippen molar-refractivity contribution in [2.24, 2.45) is 5.92 Å². The molecule has 1 atom stereocenters. The Morgan fingerprint density at radius 1 is 1.18 bits per heavy atom. The van der Waals surface area contributed by atoms with Crippen LogP contribution in [0.2, 0.25) is 0 Å². The van der Waals surface area contributed by atoms with Gasteiger partial charge >= 0.3 is 5.97 Å². The molecule has 146 valence electrons. The van der Waals surface area contributed by atoms with E-state index in [9.17, 15) is 14.4 Å². The third kappa shape index (κ3) is 4.76. The Morgan fingerprint density at radius 2 is 1.93 bits per heavy atom.